The number of fused-ring (bicyclic) bond motifs is 4. The normalized spacial score (nSPS) is 23.7. The molecule has 3 aliphatic rings. The number of aromatic nitrogens is 1. The molecule has 0 amide bonds. The van der Waals surface area contributed by atoms with Crippen LogP contribution >= 0.6 is 0 Å². The fourth-order valence-electron chi connectivity index (χ4n) is 6.04. The molecule has 3 fully saturated rings. The zero-order valence-electron chi connectivity index (χ0n) is 18.1. The van der Waals surface area contributed by atoms with Crippen LogP contribution in [0.4, 0.5) is 4.39 Å². The fourth-order valence-corrected chi connectivity index (χ4v) is 6.04. The summed E-state index contributed by atoms with van der Waals surface area (Å²) in [7, 11) is 2.09. The quantitative estimate of drug-likeness (QED) is 0.431. The van der Waals surface area contributed by atoms with E-state index in [4.69, 9.17) is 0 Å². The van der Waals surface area contributed by atoms with Gasteiger partial charge in [-0.25, -0.2) is 8.96 Å². The molecular weight excluding hydrogens is 357 g/mol. The van der Waals surface area contributed by atoms with Gasteiger partial charge in [-0.15, -0.1) is 0 Å². The van der Waals surface area contributed by atoms with Crippen LogP contribution in [0.2, 0.25) is 0 Å². The van der Waals surface area contributed by atoms with E-state index in [-0.39, 0.29) is 5.82 Å². The summed E-state index contributed by atoms with van der Waals surface area (Å²) in [6, 6.07) is 11.4. The molecule has 3 aliphatic carbocycles. The first-order valence-corrected chi connectivity index (χ1v) is 11.1. The Labute approximate surface area is 173 Å². The molecule has 0 aliphatic heterocycles. The number of pyridine rings is 1. The van der Waals surface area contributed by atoms with E-state index in [1.807, 2.05) is 26.8 Å². The van der Waals surface area contributed by atoms with Crippen molar-refractivity contribution in [1.29, 1.82) is 0 Å². The molecule has 1 heterocycles. The van der Waals surface area contributed by atoms with Crippen molar-refractivity contribution < 1.29 is 8.96 Å². The predicted octanol–water partition coefficient (Wildman–Crippen LogP) is 6.69. The molecule has 0 saturated heterocycles. The van der Waals surface area contributed by atoms with E-state index in [0.29, 0.717) is 0 Å². The van der Waals surface area contributed by atoms with Crippen molar-refractivity contribution in [2.75, 3.05) is 0 Å². The SMILES string of the molecule is Cc1cc(-c2c3ccc(C4CC5CCC4CC5)cc3cc[n+]2C)c(C)c(C)c1F. The van der Waals surface area contributed by atoms with Gasteiger partial charge in [0.1, 0.15) is 12.9 Å². The van der Waals surface area contributed by atoms with Crippen molar-refractivity contribution >= 4 is 10.8 Å². The maximum absolute atomic E-state index is 14.4. The predicted molar refractivity (Wildman–Crippen MR) is 118 cm³/mol. The molecule has 1 unspecified atom stereocenters. The Balaban J connectivity index is 1.65. The van der Waals surface area contributed by atoms with Gasteiger partial charge in [0.2, 0.25) is 5.69 Å². The molecular formula is C27H31FN+. The standard InChI is InChI=1S/C27H31FN/c1-16-13-24(17(2)18(3)26(16)28)27-23-10-9-21(15-22(23)11-12-29(27)4)25-14-19-5-7-20(25)8-6-19/h9-13,15,19-20,25H,5-8,14H2,1-4H3/q+1. The average Bonchev–Trinajstić information content (AvgIpc) is 2.75. The second-order valence-corrected chi connectivity index (χ2v) is 9.55. The van der Waals surface area contributed by atoms with Gasteiger partial charge in [-0.2, -0.15) is 0 Å². The van der Waals surface area contributed by atoms with Gasteiger partial charge in [0.05, 0.1) is 10.9 Å². The molecule has 1 atom stereocenters. The number of benzene rings is 2. The van der Waals surface area contributed by atoms with Crippen LogP contribution in [-0.2, 0) is 7.05 Å². The number of hydrogen-bond donors (Lipinski definition) is 0. The molecule has 6 rings (SSSR count). The number of halogens is 1. The van der Waals surface area contributed by atoms with Crippen molar-refractivity contribution in [2.45, 2.75) is 58.8 Å². The third kappa shape index (κ3) is 2.99. The number of rotatable bonds is 2. The minimum absolute atomic E-state index is 0.0798. The summed E-state index contributed by atoms with van der Waals surface area (Å²) in [5.41, 5.74) is 6.35. The first-order chi connectivity index (χ1) is 13.9. The van der Waals surface area contributed by atoms with E-state index in [0.717, 1.165) is 40.0 Å². The Hall–Kier alpha value is -2.22. The smallest absolute Gasteiger partial charge is 0.206 e. The lowest BCUT2D eigenvalue weighted by atomic mass is 9.63. The Morgan fingerprint density at radius 2 is 1.69 bits per heavy atom. The Morgan fingerprint density at radius 3 is 2.38 bits per heavy atom. The molecule has 1 aromatic heterocycles. The molecule has 150 valence electrons. The third-order valence-electron chi connectivity index (χ3n) is 7.89. The van der Waals surface area contributed by atoms with Gasteiger partial charge in [-0.1, -0.05) is 25.0 Å². The van der Waals surface area contributed by atoms with E-state index < -0.39 is 0 Å². The molecule has 1 nitrogen and oxygen atoms in total. The summed E-state index contributed by atoms with van der Waals surface area (Å²) >= 11 is 0. The third-order valence-corrected chi connectivity index (χ3v) is 7.89. The summed E-state index contributed by atoms with van der Waals surface area (Å²) in [6.45, 7) is 5.80. The van der Waals surface area contributed by atoms with Crippen LogP contribution in [0.3, 0.4) is 0 Å². The summed E-state index contributed by atoms with van der Waals surface area (Å²) in [5.74, 6) is 2.48. The second-order valence-electron chi connectivity index (χ2n) is 9.55. The fraction of sp³-hybridized carbons (Fsp3) is 0.444. The molecule has 3 saturated carbocycles. The molecule has 0 spiro atoms. The zero-order valence-corrected chi connectivity index (χ0v) is 18.1. The van der Waals surface area contributed by atoms with Gasteiger partial charge in [-0.3, -0.25) is 0 Å². The van der Waals surface area contributed by atoms with Gasteiger partial charge in [-0.05, 0) is 97.6 Å². The molecule has 29 heavy (non-hydrogen) atoms. The van der Waals surface area contributed by atoms with Crippen molar-refractivity contribution in [2.24, 2.45) is 18.9 Å². The minimum Gasteiger partial charge on any atom is -0.206 e. The largest absolute Gasteiger partial charge is 0.220 e. The van der Waals surface area contributed by atoms with Gasteiger partial charge >= 0.3 is 0 Å². The first kappa shape index (κ1) is 18.8. The molecule has 2 aromatic carbocycles. The average molecular weight is 389 g/mol. The molecule has 2 bridgehead atoms. The number of hydrogen-bond acceptors (Lipinski definition) is 0. The molecule has 0 radical (unpaired) electrons. The highest BCUT2D eigenvalue weighted by molar-refractivity contribution is 5.94. The summed E-state index contributed by atoms with van der Waals surface area (Å²) < 4.78 is 16.6. The molecule has 3 aromatic rings. The van der Waals surface area contributed by atoms with Crippen molar-refractivity contribution in [3.8, 4) is 11.3 Å². The lowest BCUT2D eigenvalue weighted by molar-refractivity contribution is -0.659. The number of nitrogens with zero attached hydrogens (tertiary/aromatic N) is 1. The van der Waals surface area contributed by atoms with Crippen LogP contribution in [0.25, 0.3) is 22.0 Å². The van der Waals surface area contributed by atoms with Crippen molar-refractivity contribution in [1.82, 2.24) is 0 Å². The summed E-state index contributed by atoms with van der Waals surface area (Å²) in [5, 5.41) is 2.56. The molecule has 2 heteroatoms. The van der Waals surface area contributed by atoms with Crippen LogP contribution in [0, 0.1) is 38.4 Å². The van der Waals surface area contributed by atoms with Gasteiger partial charge in [0.25, 0.3) is 0 Å². The Bertz CT molecular complexity index is 1110. The lowest BCUT2D eigenvalue weighted by Gasteiger charge is -2.42. The second kappa shape index (κ2) is 6.93. The maximum Gasteiger partial charge on any atom is 0.220 e. The minimum atomic E-state index is -0.0798. The van der Waals surface area contributed by atoms with Gasteiger partial charge in [0.15, 0.2) is 6.20 Å². The zero-order chi connectivity index (χ0) is 20.3. The lowest BCUT2D eigenvalue weighted by Crippen LogP contribution is -2.31. The van der Waals surface area contributed by atoms with Gasteiger partial charge in [0, 0.05) is 6.07 Å². The van der Waals surface area contributed by atoms with Crippen molar-refractivity contribution in [3.63, 3.8) is 0 Å². The van der Waals surface area contributed by atoms with E-state index in [2.05, 4.69) is 42.1 Å². The van der Waals surface area contributed by atoms with Crippen LogP contribution in [0.15, 0.2) is 36.5 Å². The van der Waals surface area contributed by atoms with E-state index in [1.165, 1.54) is 54.1 Å². The van der Waals surface area contributed by atoms with Crippen molar-refractivity contribution in [3.05, 3.63) is 64.6 Å². The Kier molecular flexibility index (Phi) is 4.49. The highest BCUT2D eigenvalue weighted by Crippen LogP contribution is 2.50. The highest BCUT2D eigenvalue weighted by Gasteiger charge is 2.36. The first-order valence-electron chi connectivity index (χ1n) is 11.1. The number of aryl methyl sites for hydroxylation is 2. The van der Waals surface area contributed by atoms with Crippen LogP contribution in [0.5, 0.6) is 0 Å². The summed E-state index contributed by atoms with van der Waals surface area (Å²) in [4.78, 5) is 0. The van der Waals surface area contributed by atoms with E-state index in [1.54, 1.807) is 0 Å². The Morgan fingerprint density at radius 1 is 0.931 bits per heavy atom. The van der Waals surface area contributed by atoms with Gasteiger partial charge < -0.3 is 0 Å². The van der Waals surface area contributed by atoms with Crippen LogP contribution < -0.4 is 4.57 Å². The highest BCUT2D eigenvalue weighted by atomic mass is 19.1. The maximum atomic E-state index is 14.4. The monoisotopic (exact) mass is 388 g/mol. The van der Waals surface area contributed by atoms with Crippen LogP contribution in [-0.4, -0.2) is 0 Å². The summed E-state index contributed by atoms with van der Waals surface area (Å²) in [6.07, 6.45) is 9.24. The topological polar surface area (TPSA) is 3.88 Å². The van der Waals surface area contributed by atoms with E-state index in [9.17, 15) is 4.39 Å². The molecule has 0 N–H and O–H groups in total. The van der Waals surface area contributed by atoms with Crippen LogP contribution in [0.1, 0.15) is 60.3 Å². The van der Waals surface area contributed by atoms with E-state index >= 15 is 0 Å².